The molecule has 0 aromatic heterocycles. The van der Waals surface area contributed by atoms with Crippen molar-refractivity contribution in [3.8, 4) is 12.3 Å². The predicted molar refractivity (Wildman–Crippen MR) is 28.3 cm³/mol. The molecule has 0 bridgehead atoms. The third-order valence-corrected chi connectivity index (χ3v) is 1.18. The minimum absolute atomic E-state index is 0.0567. The van der Waals surface area contributed by atoms with E-state index < -0.39 is 16.0 Å². The number of hydrogen-bond donors (Lipinski definition) is 0. The zero-order chi connectivity index (χ0) is 6.62. The Hall–Kier alpha value is -0.560. The van der Waals surface area contributed by atoms with E-state index >= 15 is 0 Å². The highest BCUT2D eigenvalue weighted by Crippen LogP contribution is 1.91. The van der Waals surface area contributed by atoms with Gasteiger partial charge in [-0.2, -0.15) is 8.42 Å². The van der Waals surface area contributed by atoms with Gasteiger partial charge in [0.25, 0.3) is 0 Å². The van der Waals surface area contributed by atoms with Crippen LogP contribution in [0, 0.1) is 12.3 Å². The normalized spacial score (nSPS) is 10.5. The highest BCUT2D eigenvalue weighted by molar-refractivity contribution is 7.86. The fourth-order valence-corrected chi connectivity index (χ4v) is 0.543. The van der Waals surface area contributed by atoms with Crippen molar-refractivity contribution in [2.75, 3.05) is 5.75 Å². The summed E-state index contributed by atoms with van der Waals surface area (Å²) in [5.41, 5.74) is 0. The Morgan fingerprint density at radius 3 is 2.25 bits per heavy atom. The summed E-state index contributed by atoms with van der Waals surface area (Å²) in [5, 5.41) is 0. The smallest absolute Gasteiger partial charge is 0.195 e. The first kappa shape index (κ1) is 7.44. The number of terminal acetylenes is 1. The van der Waals surface area contributed by atoms with Gasteiger partial charge in [0.15, 0.2) is 0 Å². The molecule has 8 heavy (non-hydrogen) atoms. The molecule has 0 aromatic rings. The molecule has 0 N–H and O–H groups in total. The van der Waals surface area contributed by atoms with Crippen LogP contribution in [0.1, 0.15) is 6.42 Å². The third-order valence-electron chi connectivity index (χ3n) is 0.490. The Bertz CT molecular complexity index is 187. The maximum absolute atomic E-state index is 11.5. The van der Waals surface area contributed by atoms with Gasteiger partial charge in [-0.05, 0) is 0 Å². The molecular weight excluding hydrogens is 131 g/mol. The summed E-state index contributed by atoms with van der Waals surface area (Å²) in [5.74, 6) is 1.44. The molecule has 46 valence electrons. The molecule has 0 radical (unpaired) electrons. The second-order valence-corrected chi connectivity index (χ2v) is 2.68. The summed E-state index contributed by atoms with van der Waals surface area (Å²) in [4.78, 5) is 0. The summed E-state index contributed by atoms with van der Waals surface area (Å²) in [6.07, 6.45) is 4.60. The first-order chi connectivity index (χ1) is 3.56. The van der Waals surface area contributed by atoms with E-state index in [1.54, 1.807) is 0 Å². The predicted octanol–water partition coefficient (Wildman–Crippen LogP) is 0.309. The highest BCUT2D eigenvalue weighted by atomic mass is 32.3. The SMILES string of the molecule is C#CCCS(=O)(=O)F. The van der Waals surface area contributed by atoms with Crippen molar-refractivity contribution in [1.29, 1.82) is 0 Å². The molecule has 4 heteroatoms. The molecule has 0 aliphatic carbocycles. The van der Waals surface area contributed by atoms with Crippen molar-refractivity contribution in [3.05, 3.63) is 0 Å². The van der Waals surface area contributed by atoms with Gasteiger partial charge in [-0.3, -0.25) is 0 Å². The lowest BCUT2D eigenvalue weighted by Crippen LogP contribution is -1.95. The number of halogens is 1. The Balaban J connectivity index is 3.63. The second kappa shape index (κ2) is 2.68. The van der Waals surface area contributed by atoms with Crippen molar-refractivity contribution >= 4 is 10.2 Å². The average molecular weight is 136 g/mol. The van der Waals surface area contributed by atoms with Gasteiger partial charge >= 0.3 is 10.2 Å². The Kier molecular flexibility index (Phi) is 2.49. The molecule has 0 heterocycles. The minimum atomic E-state index is -4.33. The van der Waals surface area contributed by atoms with E-state index in [0.29, 0.717) is 0 Å². The van der Waals surface area contributed by atoms with Gasteiger partial charge in [-0.15, -0.1) is 16.2 Å². The van der Waals surface area contributed by atoms with E-state index in [0.717, 1.165) is 0 Å². The van der Waals surface area contributed by atoms with Crippen LogP contribution in [-0.2, 0) is 10.2 Å². The molecule has 0 atom stereocenters. The van der Waals surface area contributed by atoms with Crippen molar-refractivity contribution in [1.82, 2.24) is 0 Å². The van der Waals surface area contributed by atoms with Gasteiger partial charge in [0.05, 0.1) is 5.75 Å². The Labute approximate surface area is 47.9 Å². The number of hydrogen-bond acceptors (Lipinski definition) is 2. The van der Waals surface area contributed by atoms with Crippen molar-refractivity contribution < 1.29 is 12.3 Å². The van der Waals surface area contributed by atoms with Crippen LogP contribution >= 0.6 is 0 Å². The number of rotatable bonds is 2. The Morgan fingerprint density at radius 1 is 1.62 bits per heavy atom. The van der Waals surface area contributed by atoms with Gasteiger partial charge < -0.3 is 0 Å². The molecule has 0 fully saturated rings. The summed E-state index contributed by atoms with van der Waals surface area (Å²) in [6, 6.07) is 0. The summed E-state index contributed by atoms with van der Waals surface area (Å²) < 4.78 is 30.7. The fraction of sp³-hybridized carbons (Fsp3) is 0.500. The third kappa shape index (κ3) is 5.44. The molecule has 0 aliphatic heterocycles. The maximum Gasteiger partial charge on any atom is 0.303 e. The summed E-state index contributed by atoms with van der Waals surface area (Å²) in [7, 11) is -4.33. The van der Waals surface area contributed by atoms with Gasteiger partial charge in [0, 0.05) is 6.42 Å². The average Bonchev–Trinajstić information content (AvgIpc) is 1.59. The van der Waals surface area contributed by atoms with E-state index in [2.05, 4.69) is 6.42 Å². The monoisotopic (exact) mass is 136 g/mol. The standard InChI is InChI=1S/C4H5FO2S/c1-2-3-4-8(5,6)7/h1H,3-4H2. The Morgan fingerprint density at radius 2 is 2.12 bits per heavy atom. The first-order valence-corrected chi connectivity index (χ1v) is 3.47. The molecule has 0 aromatic carbocycles. The van der Waals surface area contributed by atoms with E-state index in [-0.39, 0.29) is 6.42 Å². The topological polar surface area (TPSA) is 34.1 Å². The van der Waals surface area contributed by atoms with Crippen LogP contribution < -0.4 is 0 Å². The lowest BCUT2D eigenvalue weighted by atomic mass is 10.5. The van der Waals surface area contributed by atoms with E-state index in [4.69, 9.17) is 0 Å². The minimum Gasteiger partial charge on any atom is -0.195 e. The molecule has 0 saturated carbocycles. The van der Waals surface area contributed by atoms with Crippen LogP contribution in [0.5, 0.6) is 0 Å². The van der Waals surface area contributed by atoms with Gasteiger partial charge in [0.2, 0.25) is 0 Å². The van der Waals surface area contributed by atoms with E-state index in [1.165, 1.54) is 0 Å². The van der Waals surface area contributed by atoms with Gasteiger partial charge in [0.1, 0.15) is 0 Å². The molecule has 2 nitrogen and oxygen atoms in total. The second-order valence-electron chi connectivity index (χ2n) is 1.20. The van der Waals surface area contributed by atoms with Crippen LogP contribution in [-0.4, -0.2) is 14.2 Å². The molecule has 0 rings (SSSR count). The van der Waals surface area contributed by atoms with Crippen LogP contribution in [0.4, 0.5) is 3.89 Å². The van der Waals surface area contributed by atoms with Crippen LogP contribution in [0.25, 0.3) is 0 Å². The van der Waals surface area contributed by atoms with Crippen LogP contribution in [0.15, 0.2) is 0 Å². The van der Waals surface area contributed by atoms with Gasteiger partial charge in [-0.1, -0.05) is 0 Å². The molecule has 0 amide bonds. The first-order valence-electron chi connectivity index (χ1n) is 1.92. The van der Waals surface area contributed by atoms with E-state index in [1.807, 2.05) is 5.92 Å². The summed E-state index contributed by atoms with van der Waals surface area (Å²) in [6.45, 7) is 0. The van der Waals surface area contributed by atoms with Gasteiger partial charge in [-0.25, -0.2) is 0 Å². The molecule has 0 unspecified atom stereocenters. The van der Waals surface area contributed by atoms with Crippen molar-refractivity contribution in [3.63, 3.8) is 0 Å². The van der Waals surface area contributed by atoms with Crippen molar-refractivity contribution in [2.24, 2.45) is 0 Å². The molecule has 0 saturated heterocycles. The molecular formula is C4H5FO2S. The lowest BCUT2D eigenvalue weighted by Gasteiger charge is -1.82. The largest absolute Gasteiger partial charge is 0.303 e. The van der Waals surface area contributed by atoms with Crippen molar-refractivity contribution in [2.45, 2.75) is 6.42 Å². The maximum atomic E-state index is 11.5. The zero-order valence-electron chi connectivity index (χ0n) is 4.09. The molecule has 0 aliphatic rings. The quantitative estimate of drug-likeness (QED) is 0.404. The lowest BCUT2D eigenvalue weighted by molar-refractivity contribution is 0.552. The zero-order valence-corrected chi connectivity index (χ0v) is 4.91. The van der Waals surface area contributed by atoms with Crippen LogP contribution in [0.2, 0.25) is 0 Å². The van der Waals surface area contributed by atoms with E-state index in [9.17, 15) is 12.3 Å². The highest BCUT2D eigenvalue weighted by Gasteiger charge is 2.02. The van der Waals surface area contributed by atoms with Crippen LogP contribution in [0.3, 0.4) is 0 Å². The summed E-state index contributed by atoms with van der Waals surface area (Å²) >= 11 is 0. The molecule has 0 spiro atoms. The fourth-order valence-electron chi connectivity index (χ4n) is 0.181.